The average molecular weight is 286 g/mol. The molecule has 0 saturated heterocycles. The molecule has 6 heteroatoms. The number of hydrogen-bond acceptors (Lipinski definition) is 4. The van der Waals surface area contributed by atoms with E-state index in [2.05, 4.69) is 6.58 Å². The van der Waals surface area contributed by atoms with Crippen molar-refractivity contribution in [1.29, 1.82) is 0 Å². The Morgan fingerprint density at radius 1 is 1.25 bits per heavy atom. The summed E-state index contributed by atoms with van der Waals surface area (Å²) in [6.07, 6.45) is 0.670. The quantitative estimate of drug-likeness (QED) is 0.472. The van der Waals surface area contributed by atoms with E-state index < -0.39 is 29.9 Å². The van der Waals surface area contributed by atoms with Gasteiger partial charge in [-0.3, -0.25) is 9.59 Å². The molecule has 0 fully saturated rings. The van der Waals surface area contributed by atoms with Crippen LogP contribution in [0.15, 0.2) is 12.2 Å². The van der Waals surface area contributed by atoms with Gasteiger partial charge >= 0.3 is 17.9 Å². The van der Waals surface area contributed by atoms with Crippen molar-refractivity contribution >= 4 is 17.9 Å². The van der Waals surface area contributed by atoms with Gasteiger partial charge in [0.15, 0.2) is 0 Å². The van der Waals surface area contributed by atoms with Crippen LogP contribution in [0.5, 0.6) is 0 Å². The van der Waals surface area contributed by atoms with E-state index in [-0.39, 0.29) is 31.3 Å². The van der Waals surface area contributed by atoms with Crippen LogP contribution in [0, 0.1) is 5.92 Å². The van der Waals surface area contributed by atoms with E-state index in [1.54, 1.807) is 6.92 Å². The lowest BCUT2D eigenvalue weighted by atomic mass is 9.94. The molecule has 0 aromatic carbocycles. The molecule has 0 amide bonds. The van der Waals surface area contributed by atoms with E-state index in [1.807, 2.05) is 0 Å². The highest BCUT2D eigenvalue weighted by atomic mass is 16.5. The molecule has 0 aromatic heterocycles. The smallest absolute Gasteiger partial charge is 0.333 e. The van der Waals surface area contributed by atoms with Crippen LogP contribution in [0.4, 0.5) is 0 Å². The molecule has 0 aromatic rings. The number of carboxylic acid groups (broad SMARTS) is 2. The maximum absolute atomic E-state index is 11.4. The van der Waals surface area contributed by atoms with Crippen LogP contribution in [-0.2, 0) is 19.1 Å². The van der Waals surface area contributed by atoms with Gasteiger partial charge in [0.05, 0.1) is 5.92 Å². The number of carbonyl (C=O) groups is 3. The Balaban J connectivity index is 4.45. The maximum atomic E-state index is 11.4. The summed E-state index contributed by atoms with van der Waals surface area (Å²) in [5.41, 5.74) is 0.265. The second kappa shape index (κ2) is 9.12. The first-order chi connectivity index (χ1) is 9.27. The SMILES string of the molecule is C=C(C)C(=O)OC(CC)CC(CCCC(=O)O)C(=O)O. The van der Waals surface area contributed by atoms with Crippen molar-refractivity contribution in [2.45, 2.75) is 52.1 Å². The van der Waals surface area contributed by atoms with Gasteiger partial charge in [-0.2, -0.15) is 0 Å². The van der Waals surface area contributed by atoms with E-state index >= 15 is 0 Å². The molecule has 0 heterocycles. The van der Waals surface area contributed by atoms with E-state index in [1.165, 1.54) is 6.92 Å². The first kappa shape index (κ1) is 18.1. The van der Waals surface area contributed by atoms with Gasteiger partial charge in [-0.1, -0.05) is 13.5 Å². The molecule has 0 radical (unpaired) electrons. The van der Waals surface area contributed by atoms with Crippen molar-refractivity contribution in [3.63, 3.8) is 0 Å². The van der Waals surface area contributed by atoms with Crippen LogP contribution in [0.2, 0.25) is 0 Å². The fourth-order valence-corrected chi connectivity index (χ4v) is 1.71. The monoisotopic (exact) mass is 286 g/mol. The number of hydrogen-bond donors (Lipinski definition) is 2. The predicted molar refractivity (Wildman–Crippen MR) is 72.2 cm³/mol. The highest BCUT2D eigenvalue weighted by Crippen LogP contribution is 2.19. The summed E-state index contributed by atoms with van der Waals surface area (Å²) in [4.78, 5) is 33.0. The van der Waals surface area contributed by atoms with Crippen LogP contribution in [0.25, 0.3) is 0 Å². The zero-order valence-corrected chi connectivity index (χ0v) is 11.9. The Labute approximate surface area is 118 Å². The lowest BCUT2D eigenvalue weighted by molar-refractivity contribution is -0.150. The molecule has 20 heavy (non-hydrogen) atoms. The summed E-state index contributed by atoms with van der Waals surface area (Å²) in [5, 5.41) is 17.7. The minimum Gasteiger partial charge on any atom is -0.481 e. The lowest BCUT2D eigenvalue weighted by Crippen LogP contribution is -2.25. The van der Waals surface area contributed by atoms with Gasteiger partial charge in [-0.05, 0) is 32.6 Å². The molecule has 0 spiro atoms. The maximum Gasteiger partial charge on any atom is 0.333 e. The number of carboxylic acids is 2. The Bertz CT molecular complexity index is 374. The largest absolute Gasteiger partial charge is 0.481 e. The molecule has 114 valence electrons. The molecule has 0 aliphatic carbocycles. The second-order valence-electron chi connectivity index (χ2n) is 4.77. The van der Waals surface area contributed by atoms with Gasteiger partial charge in [0.2, 0.25) is 0 Å². The molecule has 0 aliphatic rings. The Morgan fingerprint density at radius 3 is 2.25 bits per heavy atom. The first-order valence-electron chi connectivity index (χ1n) is 6.59. The molecule has 6 nitrogen and oxygen atoms in total. The van der Waals surface area contributed by atoms with E-state index in [0.29, 0.717) is 6.42 Å². The van der Waals surface area contributed by atoms with Crippen molar-refractivity contribution in [2.24, 2.45) is 5.92 Å². The van der Waals surface area contributed by atoms with Gasteiger partial charge in [0, 0.05) is 12.0 Å². The topological polar surface area (TPSA) is 101 Å². The molecule has 0 bridgehead atoms. The summed E-state index contributed by atoms with van der Waals surface area (Å²) < 4.78 is 5.15. The first-order valence-corrected chi connectivity index (χ1v) is 6.59. The number of aliphatic carboxylic acids is 2. The highest BCUT2D eigenvalue weighted by molar-refractivity contribution is 5.87. The number of esters is 1. The molecule has 2 atom stereocenters. The molecule has 0 rings (SSSR count). The third-order valence-corrected chi connectivity index (χ3v) is 2.92. The number of ether oxygens (including phenoxy) is 1. The standard InChI is InChI=1S/C14H22O6/c1-4-11(20-14(19)9(2)3)8-10(13(17)18)6-5-7-12(15)16/h10-11H,2,4-8H2,1,3H3,(H,15,16)(H,17,18). The minimum absolute atomic E-state index is 0.0634. The third-order valence-electron chi connectivity index (χ3n) is 2.92. The Hall–Kier alpha value is -1.85. The fraction of sp³-hybridized carbons (Fsp3) is 0.643. The van der Waals surface area contributed by atoms with Crippen LogP contribution in [0.1, 0.15) is 46.0 Å². The van der Waals surface area contributed by atoms with E-state index in [0.717, 1.165) is 0 Å². The van der Waals surface area contributed by atoms with Crippen molar-refractivity contribution in [2.75, 3.05) is 0 Å². The summed E-state index contributed by atoms with van der Waals surface area (Å²) in [7, 11) is 0. The summed E-state index contributed by atoms with van der Waals surface area (Å²) in [6.45, 7) is 6.79. The van der Waals surface area contributed by atoms with Crippen molar-refractivity contribution in [3.8, 4) is 0 Å². The third kappa shape index (κ3) is 7.56. The van der Waals surface area contributed by atoms with Crippen LogP contribution in [0.3, 0.4) is 0 Å². The summed E-state index contributed by atoms with van der Waals surface area (Å²) in [6, 6.07) is 0. The number of rotatable bonds is 10. The van der Waals surface area contributed by atoms with Crippen molar-refractivity contribution in [3.05, 3.63) is 12.2 Å². The van der Waals surface area contributed by atoms with Crippen LogP contribution in [-0.4, -0.2) is 34.2 Å². The van der Waals surface area contributed by atoms with E-state index in [4.69, 9.17) is 14.9 Å². The normalized spacial score (nSPS) is 13.3. The summed E-state index contributed by atoms with van der Waals surface area (Å²) >= 11 is 0. The molecule has 2 unspecified atom stereocenters. The fourth-order valence-electron chi connectivity index (χ4n) is 1.71. The lowest BCUT2D eigenvalue weighted by Gasteiger charge is -2.20. The van der Waals surface area contributed by atoms with Gasteiger partial charge < -0.3 is 14.9 Å². The zero-order valence-electron chi connectivity index (χ0n) is 11.9. The predicted octanol–water partition coefficient (Wildman–Crippen LogP) is 2.23. The highest BCUT2D eigenvalue weighted by Gasteiger charge is 2.24. The zero-order chi connectivity index (χ0) is 15.7. The van der Waals surface area contributed by atoms with Gasteiger partial charge in [0.1, 0.15) is 6.10 Å². The second-order valence-corrected chi connectivity index (χ2v) is 4.77. The molecular weight excluding hydrogens is 264 g/mol. The summed E-state index contributed by atoms with van der Waals surface area (Å²) in [5.74, 6) is -3.20. The number of carbonyl (C=O) groups excluding carboxylic acids is 1. The van der Waals surface area contributed by atoms with Gasteiger partial charge in [-0.25, -0.2) is 4.79 Å². The molecule has 2 N–H and O–H groups in total. The minimum atomic E-state index is -1.000. The Morgan fingerprint density at radius 2 is 1.85 bits per heavy atom. The average Bonchev–Trinajstić information content (AvgIpc) is 2.35. The van der Waals surface area contributed by atoms with Crippen LogP contribution >= 0.6 is 0 Å². The molecule has 0 aliphatic heterocycles. The molecular formula is C14H22O6. The van der Waals surface area contributed by atoms with Gasteiger partial charge in [-0.15, -0.1) is 0 Å². The Kier molecular flexibility index (Phi) is 8.27. The molecule has 0 saturated carbocycles. The van der Waals surface area contributed by atoms with Crippen LogP contribution < -0.4 is 0 Å². The van der Waals surface area contributed by atoms with Gasteiger partial charge in [0.25, 0.3) is 0 Å². The van der Waals surface area contributed by atoms with Crippen molar-refractivity contribution in [1.82, 2.24) is 0 Å². The van der Waals surface area contributed by atoms with Crippen molar-refractivity contribution < 1.29 is 29.3 Å². The van der Waals surface area contributed by atoms with E-state index in [9.17, 15) is 14.4 Å².